The SMILES string of the molecule is CCN(CC)C[C@@H]1OC[C@H]2CN(C(=O)C3(F)CC3)CC[C@H]21.O=C(O)C(F)(F)F. The topological polar surface area (TPSA) is 70.1 Å². The van der Waals surface area contributed by atoms with Gasteiger partial charge in [0.25, 0.3) is 5.91 Å². The summed E-state index contributed by atoms with van der Waals surface area (Å²) in [6.07, 6.45) is -3.01. The molecule has 0 spiro atoms. The molecule has 0 bridgehead atoms. The third-order valence-electron chi connectivity index (χ3n) is 5.73. The number of halogens is 4. The molecule has 0 unspecified atom stereocenters. The number of carbonyl (C=O) groups is 2. The number of carboxylic acids is 1. The van der Waals surface area contributed by atoms with Crippen molar-refractivity contribution in [2.45, 2.75) is 51.1 Å². The van der Waals surface area contributed by atoms with Gasteiger partial charge >= 0.3 is 12.1 Å². The van der Waals surface area contributed by atoms with E-state index in [2.05, 4.69) is 18.7 Å². The molecule has 0 aromatic rings. The number of alkyl halides is 4. The van der Waals surface area contributed by atoms with Gasteiger partial charge in [0.1, 0.15) is 0 Å². The monoisotopic (exact) mass is 412 g/mol. The standard InChI is InChI=1S/C16H27FN2O2.C2HF3O2/c1-3-18(4-2)10-14-13-5-8-19(9-12(13)11-21-14)15(20)16(17)6-7-16;3-2(4,5)1(6)7/h12-14H,3-11H2,1-2H3;(H,6,7)/t12-,13-,14+;/m1./s1. The molecule has 3 rings (SSSR count). The molecule has 3 aliphatic rings. The molecule has 1 amide bonds. The smallest absolute Gasteiger partial charge is 0.475 e. The molecule has 2 heterocycles. The van der Waals surface area contributed by atoms with E-state index in [1.165, 1.54) is 0 Å². The Morgan fingerprint density at radius 1 is 1.25 bits per heavy atom. The lowest BCUT2D eigenvalue weighted by atomic mass is 9.84. The summed E-state index contributed by atoms with van der Waals surface area (Å²) in [5.74, 6) is -2.10. The van der Waals surface area contributed by atoms with Crippen molar-refractivity contribution in [3.63, 3.8) is 0 Å². The normalized spacial score (nSPS) is 28.4. The van der Waals surface area contributed by atoms with E-state index in [9.17, 15) is 22.4 Å². The number of fused-ring (bicyclic) bond motifs is 1. The van der Waals surface area contributed by atoms with Gasteiger partial charge in [-0.3, -0.25) is 4.79 Å². The highest BCUT2D eigenvalue weighted by Crippen LogP contribution is 2.43. The molecule has 0 aromatic carbocycles. The molecule has 1 saturated carbocycles. The van der Waals surface area contributed by atoms with Crippen molar-refractivity contribution in [3.05, 3.63) is 0 Å². The first kappa shape index (κ1) is 22.9. The maximum absolute atomic E-state index is 13.9. The molecule has 2 saturated heterocycles. The van der Waals surface area contributed by atoms with Gasteiger partial charge in [-0.2, -0.15) is 13.2 Å². The molecule has 1 aliphatic carbocycles. The van der Waals surface area contributed by atoms with Gasteiger partial charge in [0.05, 0.1) is 12.7 Å². The zero-order valence-electron chi connectivity index (χ0n) is 16.2. The second-order valence-electron chi connectivity index (χ2n) is 7.59. The van der Waals surface area contributed by atoms with E-state index >= 15 is 0 Å². The van der Waals surface area contributed by atoms with Gasteiger partial charge in [0.15, 0.2) is 5.67 Å². The largest absolute Gasteiger partial charge is 0.490 e. The molecular weight excluding hydrogens is 384 g/mol. The summed E-state index contributed by atoms with van der Waals surface area (Å²) in [6, 6.07) is 0. The third-order valence-corrected chi connectivity index (χ3v) is 5.73. The van der Waals surface area contributed by atoms with E-state index in [0.717, 1.165) is 32.7 Å². The quantitative estimate of drug-likeness (QED) is 0.702. The van der Waals surface area contributed by atoms with Crippen molar-refractivity contribution in [3.8, 4) is 0 Å². The van der Waals surface area contributed by atoms with E-state index in [1.54, 1.807) is 4.90 Å². The molecule has 3 fully saturated rings. The Morgan fingerprint density at radius 3 is 2.29 bits per heavy atom. The first-order valence-electron chi connectivity index (χ1n) is 9.64. The van der Waals surface area contributed by atoms with Gasteiger partial charge in [-0.25, -0.2) is 9.18 Å². The number of likely N-dealkylation sites (tertiary alicyclic amines) is 1. The highest BCUT2D eigenvalue weighted by Gasteiger charge is 2.54. The average molecular weight is 412 g/mol. The minimum atomic E-state index is -5.08. The lowest BCUT2D eigenvalue weighted by Crippen LogP contribution is -2.49. The molecule has 162 valence electrons. The van der Waals surface area contributed by atoms with Crippen LogP contribution >= 0.6 is 0 Å². The Bertz CT molecular complexity index is 564. The minimum Gasteiger partial charge on any atom is -0.475 e. The van der Waals surface area contributed by atoms with Crippen molar-refractivity contribution in [1.82, 2.24) is 9.80 Å². The van der Waals surface area contributed by atoms with Crippen LogP contribution in [0.3, 0.4) is 0 Å². The number of carbonyl (C=O) groups excluding carboxylic acids is 1. The first-order valence-corrected chi connectivity index (χ1v) is 9.64. The molecule has 10 heteroatoms. The number of ether oxygens (including phenoxy) is 1. The van der Waals surface area contributed by atoms with Gasteiger partial charge < -0.3 is 19.6 Å². The summed E-state index contributed by atoms with van der Waals surface area (Å²) in [7, 11) is 0. The number of rotatable bonds is 5. The van der Waals surface area contributed by atoms with Crippen LogP contribution in [0.1, 0.15) is 33.1 Å². The van der Waals surface area contributed by atoms with Crippen molar-refractivity contribution in [2.24, 2.45) is 11.8 Å². The van der Waals surface area contributed by atoms with Crippen LogP contribution in [0.15, 0.2) is 0 Å². The summed E-state index contributed by atoms with van der Waals surface area (Å²) in [4.78, 5) is 25.2. The number of likely N-dealkylation sites (N-methyl/N-ethyl adjacent to an activating group) is 1. The minimum absolute atomic E-state index is 0.270. The number of hydrogen-bond acceptors (Lipinski definition) is 4. The Labute approximate surface area is 161 Å². The van der Waals surface area contributed by atoms with E-state index in [4.69, 9.17) is 14.6 Å². The Kier molecular flexibility index (Phi) is 7.30. The number of hydrogen-bond donors (Lipinski definition) is 1. The zero-order chi connectivity index (χ0) is 21.1. The number of carboxylic acid groups (broad SMARTS) is 1. The van der Waals surface area contributed by atoms with Crippen molar-refractivity contribution >= 4 is 11.9 Å². The predicted octanol–water partition coefficient (Wildman–Crippen LogP) is 2.33. The van der Waals surface area contributed by atoms with E-state index < -0.39 is 17.8 Å². The molecule has 6 nitrogen and oxygen atoms in total. The van der Waals surface area contributed by atoms with E-state index in [0.29, 0.717) is 37.8 Å². The fraction of sp³-hybridized carbons (Fsp3) is 0.889. The molecule has 2 aliphatic heterocycles. The maximum Gasteiger partial charge on any atom is 0.490 e. The summed E-state index contributed by atoms with van der Waals surface area (Å²) < 4.78 is 51.7. The van der Waals surface area contributed by atoms with E-state index in [-0.39, 0.29) is 12.0 Å². The van der Waals surface area contributed by atoms with Crippen LogP contribution in [0.5, 0.6) is 0 Å². The predicted molar refractivity (Wildman–Crippen MR) is 92.5 cm³/mol. The summed E-state index contributed by atoms with van der Waals surface area (Å²) in [5, 5.41) is 7.12. The lowest BCUT2D eigenvalue weighted by molar-refractivity contribution is -0.192. The average Bonchev–Trinajstić information content (AvgIpc) is 3.27. The fourth-order valence-electron chi connectivity index (χ4n) is 3.80. The first-order chi connectivity index (χ1) is 13.0. The van der Waals surface area contributed by atoms with Crippen LogP contribution in [0, 0.1) is 11.8 Å². The Morgan fingerprint density at radius 2 is 1.82 bits per heavy atom. The molecule has 28 heavy (non-hydrogen) atoms. The number of nitrogens with zero attached hydrogens (tertiary/aromatic N) is 2. The van der Waals surface area contributed by atoms with Gasteiger partial charge in [-0.05, 0) is 38.3 Å². The number of aliphatic carboxylic acids is 1. The maximum atomic E-state index is 13.9. The summed E-state index contributed by atoms with van der Waals surface area (Å²) >= 11 is 0. The lowest BCUT2D eigenvalue weighted by Gasteiger charge is -2.37. The van der Waals surface area contributed by atoms with Gasteiger partial charge in [-0.1, -0.05) is 13.8 Å². The van der Waals surface area contributed by atoms with Gasteiger partial charge in [0.2, 0.25) is 0 Å². The third kappa shape index (κ3) is 5.56. The van der Waals surface area contributed by atoms with Crippen LogP contribution in [0.25, 0.3) is 0 Å². The molecule has 0 aromatic heterocycles. The zero-order valence-corrected chi connectivity index (χ0v) is 16.2. The molecule has 1 N–H and O–H groups in total. The fourth-order valence-corrected chi connectivity index (χ4v) is 3.80. The van der Waals surface area contributed by atoms with E-state index in [1.807, 2.05) is 0 Å². The number of piperidine rings is 1. The van der Waals surface area contributed by atoms with Crippen molar-refractivity contribution in [2.75, 3.05) is 39.3 Å². The van der Waals surface area contributed by atoms with Crippen molar-refractivity contribution < 1.29 is 37.0 Å². The molecule has 3 atom stereocenters. The van der Waals surface area contributed by atoms with Crippen LogP contribution < -0.4 is 0 Å². The van der Waals surface area contributed by atoms with Crippen LogP contribution in [0.4, 0.5) is 17.6 Å². The second kappa shape index (κ2) is 8.94. The summed E-state index contributed by atoms with van der Waals surface area (Å²) in [6.45, 7) is 9.52. The molecule has 0 radical (unpaired) electrons. The Hall–Kier alpha value is -1.42. The van der Waals surface area contributed by atoms with Crippen LogP contribution in [-0.4, -0.2) is 84.1 Å². The van der Waals surface area contributed by atoms with Gasteiger partial charge in [-0.15, -0.1) is 0 Å². The van der Waals surface area contributed by atoms with Crippen molar-refractivity contribution in [1.29, 1.82) is 0 Å². The number of amides is 1. The van der Waals surface area contributed by atoms with Gasteiger partial charge in [0, 0.05) is 25.6 Å². The van der Waals surface area contributed by atoms with Crippen LogP contribution in [0.2, 0.25) is 0 Å². The summed E-state index contributed by atoms with van der Waals surface area (Å²) in [5.41, 5.74) is -1.52. The Balaban J connectivity index is 0.000000345. The second-order valence-corrected chi connectivity index (χ2v) is 7.59. The highest BCUT2D eigenvalue weighted by atomic mass is 19.4. The highest BCUT2D eigenvalue weighted by molar-refractivity contribution is 5.88. The van der Waals surface area contributed by atoms with Crippen LogP contribution in [-0.2, 0) is 14.3 Å². The molecular formula is C18H28F4N2O4.